The van der Waals surface area contributed by atoms with Gasteiger partial charge in [0.15, 0.2) is 5.03 Å². The fourth-order valence-corrected chi connectivity index (χ4v) is 2.62. The third kappa shape index (κ3) is 3.15. The van der Waals surface area contributed by atoms with Gasteiger partial charge in [0.1, 0.15) is 0 Å². The van der Waals surface area contributed by atoms with Gasteiger partial charge in [-0.1, -0.05) is 13.3 Å². The maximum atomic E-state index is 12.2. The number of nitrogens with zero attached hydrogens (tertiary/aromatic N) is 2. The monoisotopic (exact) mass is 258 g/mol. The first kappa shape index (κ1) is 13.9. The average Bonchev–Trinajstić information content (AvgIpc) is 2.35. The fourth-order valence-electron chi connectivity index (χ4n) is 1.35. The van der Waals surface area contributed by atoms with Crippen LogP contribution in [0.25, 0.3) is 0 Å². The minimum atomic E-state index is -3.57. The highest BCUT2D eigenvalue weighted by Crippen LogP contribution is 2.20. The van der Waals surface area contributed by atoms with Gasteiger partial charge in [-0.3, -0.25) is 5.84 Å². The van der Waals surface area contributed by atoms with E-state index in [9.17, 15) is 8.42 Å². The number of hydrogen-bond donors (Lipinski definition) is 2. The van der Waals surface area contributed by atoms with Gasteiger partial charge in [-0.05, 0) is 18.6 Å². The summed E-state index contributed by atoms with van der Waals surface area (Å²) in [7, 11) is -2.03. The van der Waals surface area contributed by atoms with Crippen molar-refractivity contribution in [3.05, 3.63) is 18.3 Å². The highest BCUT2D eigenvalue weighted by molar-refractivity contribution is 7.89. The molecule has 0 atom stereocenters. The van der Waals surface area contributed by atoms with E-state index in [4.69, 9.17) is 5.84 Å². The second-order valence-corrected chi connectivity index (χ2v) is 5.64. The first-order valence-electron chi connectivity index (χ1n) is 5.42. The maximum absolute atomic E-state index is 12.2. The summed E-state index contributed by atoms with van der Waals surface area (Å²) in [5.41, 5.74) is 2.65. The lowest BCUT2D eigenvalue weighted by Crippen LogP contribution is -2.29. The molecule has 6 nitrogen and oxygen atoms in total. The number of hydrogen-bond acceptors (Lipinski definition) is 5. The second kappa shape index (κ2) is 5.95. The van der Waals surface area contributed by atoms with Crippen molar-refractivity contribution in [3.8, 4) is 0 Å². The molecule has 1 rings (SSSR count). The molecule has 0 bridgehead atoms. The molecule has 0 aliphatic heterocycles. The van der Waals surface area contributed by atoms with Gasteiger partial charge < -0.3 is 5.43 Å². The molecule has 0 aromatic carbocycles. The lowest BCUT2D eigenvalue weighted by Gasteiger charge is -2.17. The molecule has 96 valence electrons. The van der Waals surface area contributed by atoms with E-state index in [0.29, 0.717) is 12.2 Å². The Balaban J connectivity index is 3.04. The van der Waals surface area contributed by atoms with E-state index < -0.39 is 10.0 Å². The topological polar surface area (TPSA) is 88.3 Å². The molecule has 0 amide bonds. The van der Waals surface area contributed by atoms with Crippen molar-refractivity contribution in [2.75, 3.05) is 19.0 Å². The van der Waals surface area contributed by atoms with Crippen LogP contribution in [0.2, 0.25) is 0 Å². The summed E-state index contributed by atoms with van der Waals surface area (Å²) in [6.45, 7) is 2.48. The maximum Gasteiger partial charge on any atom is 0.262 e. The smallest absolute Gasteiger partial charge is 0.262 e. The van der Waals surface area contributed by atoms with Gasteiger partial charge >= 0.3 is 0 Å². The van der Waals surface area contributed by atoms with Crippen LogP contribution < -0.4 is 11.3 Å². The van der Waals surface area contributed by atoms with E-state index in [1.807, 2.05) is 6.92 Å². The number of unbranched alkanes of at least 4 members (excludes halogenated alkanes) is 1. The summed E-state index contributed by atoms with van der Waals surface area (Å²) in [4.78, 5) is 3.88. The van der Waals surface area contributed by atoms with Crippen LogP contribution in [-0.2, 0) is 10.0 Å². The van der Waals surface area contributed by atoms with Crippen LogP contribution in [0.5, 0.6) is 0 Å². The highest BCUT2D eigenvalue weighted by Gasteiger charge is 2.24. The molecule has 1 aromatic rings. The van der Waals surface area contributed by atoms with Crippen LogP contribution >= 0.6 is 0 Å². The normalized spacial score (nSPS) is 11.8. The number of aromatic nitrogens is 1. The van der Waals surface area contributed by atoms with Gasteiger partial charge in [-0.2, -0.15) is 4.31 Å². The van der Waals surface area contributed by atoms with E-state index in [-0.39, 0.29) is 5.03 Å². The number of nitrogens with two attached hydrogens (primary N) is 1. The summed E-state index contributed by atoms with van der Waals surface area (Å²) in [6.07, 6.45) is 3.18. The second-order valence-electron chi connectivity index (χ2n) is 3.68. The first-order chi connectivity index (χ1) is 8.04. The van der Waals surface area contributed by atoms with Crippen molar-refractivity contribution in [3.63, 3.8) is 0 Å². The zero-order chi connectivity index (χ0) is 12.9. The van der Waals surface area contributed by atoms with Crippen LogP contribution in [0, 0.1) is 0 Å². The lowest BCUT2D eigenvalue weighted by molar-refractivity contribution is 0.457. The molecule has 0 saturated heterocycles. The number of pyridine rings is 1. The number of rotatable bonds is 6. The van der Waals surface area contributed by atoms with E-state index in [1.54, 1.807) is 19.2 Å². The van der Waals surface area contributed by atoms with E-state index in [1.165, 1.54) is 10.5 Å². The van der Waals surface area contributed by atoms with Gasteiger partial charge in [0.2, 0.25) is 0 Å². The Morgan fingerprint density at radius 3 is 2.82 bits per heavy atom. The fraction of sp³-hybridized carbons (Fsp3) is 0.500. The Kier molecular flexibility index (Phi) is 4.86. The van der Waals surface area contributed by atoms with Crippen LogP contribution in [0.15, 0.2) is 23.4 Å². The molecule has 0 aliphatic carbocycles. The molecule has 1 heterocycles. The molecule has 0 fully saturated rings. The molecule has 0 aliphatic rings. The molecule has 3 N–H and O–H groups in total. The zero-order valence-corrected chi connectivity index (χ0v) is 10.9. The van der Waals surface area contributed by atoms with Crippen molar-refractivity contribution in [1.82, 2.24) is 9.29 Å². The molecule has 1 aromatic heterocycles. The molecular formula is C10H18N4O2S. The highest BCUT2D eigenvalue weighted by atomic mass is 32.2. The van der Waals surface area contributed by atoms with Gasteiger partial charge in [-0.25, -0.2) is 13.4 Å². The molecule has 0 unspecified atom stereocenters. The largest absolute Gasteiger partial charge is 0.321 e. The van der Waals surface area contributed by atoms with Crippen molar-refractivity contribution in [2.45, 2.75) is 24.8 Å². The minimum absolute atomic E-state index is 0.0406. The van der Waals surface area contributed by atoms with Crippen LogP contribution in [0.1, 0.15) is 19.8 Å². The summed E-state index contributed by atoms with van der Waals surface area (Å²) in [5.74, 6) is 5.27. The molecule has 0 saturated carbocycles. The summed E-state index contributed by atoms with van der Waals surface area (Å²) in [5, 5.41) is -0.0406. The van der Waals surface area contributed by atoms with E-state index >= 15 is 0 Å². The number of nitrogen functional groups attached to an aromatic ring is 1. The average molecular weight is 258 g/mol. The van der Waals surface area contributed by atoms with Crippen LogP contribution in [0.4, 0.5) is 5.69 Å². The third-order valence-corrected chi connectivity index (χ3v) is 4.23. The van der Waals surface area contributed by atoms with Crippen LogP contribution in [-0.4, -0.2) is 31.3 Å². The van der Waals surface area contributed by atoms with Crippen molar-refractivity contribution in [1.29, 1.82) is 0 Å². The van der Waals surface area contributed by atoms with Crippen molar-refractivity contribution < 1.29 is 8.42 Å². The van der Waals surface area contributed by atoms with E-state index in [2.05, 4.69) is 10.4 Å². The van der Waals surface area contributed by atoms with Crippen molar-refractivity contribution in [2.24, 2.45) is 5.84 Å². The molecule has 0 spiro atoms. The van der Waals surface area contributed by atoms with Gasteiger partial charge in [0.25, 0.3) is 10.0 Å². The third-order valence-electron chi connectivity index (χ3n) is 2.41. The molecular weight excluding hydrogens is 240 g/mol. The number of sulfonamides is 1. The molecule has 7 heteroatoms. The first-order valence-corrected chi connectivity index (χ1v) is 6.86. The van der Waals surface area contributed by atoms with Gasteiger partial charge in [0.05, 0.1) is 5.69 Å². The Labute approximate surface area is 102 Å². The van der Waals surface area contributed by atoms with Crippen LogP contribution in [0.3, 0.4) is 0 Å². The zero-order valence-electron chi connectivity index (χ0n) is 10.0. The number of nitrogens with one attached hydrogen (secondary N) is 1. The molecule has 17 heavy (non-hydrogen) atoms. The SMILES string of the molecule is CCCCN(C)S(=O)(=O)c1ncccc1NN. The van der Waals surface area contributed by atoms with E-state index in [0.717, 1.165) is 12.8 Å². The predicted octanol–water partition coefficient (Wildman–Crippen LogP) is 0.788. The van der Waals surface area contributed by atoms with Gasteiger partial charge in [-0.15, -0.1) is 0 Å². The summed E-state index contributed by atoms with van der Waals surface area (Å²) < 4.78 is 25.7. The molecule has 0 radical (unpaired) electrons. The Morgan fingerprint density at radius 1 is 1.53 bits per heavy atom. The Hall–Kier alpha value is -1.18. The quantitative estimate of drug-likeness (QED) is 0.581. The standard InChI is InChI=1S/C10H18N4O2S/c1-3-4-8-14(2)17(15,16)10-9(13-11)6-5-7-12-10/h5-7,13H,3-4,8,11H2,1-2H3. The lowest BCUT2D eigenvalue weighted by atomic mass is 10.3. The van der Waals surface area contributed by atoms with Crippen molar-refractivity contribution >= 4 is 15.7 Å². The Morgan fingerprint density at radius 2 is 2.24 bits per heavy atom. The number of hydrazine groups is 1. The summed E-state index contributed by atoms with van der Waals surface area (Å²) >= 11 is 0. The van der Waals surface area contributed by atoms with Gasteiger partial charge in [0, 0.05) is 19.8 Å². The number of anilines is 1. The predicted molar refractivity (Wildman–Crippen MR) is 66.8 cm³/mol. The summed E-state index contributed by atoms with van der Waals surface area (Å²) in [6, 6.07) is 3.20. The minimum Gasteiger partial charge on any atom is -0.321 e. The Bertz CT molecular complexity index is 461.